The van der Waals surface area contributed by atoms with E-state index in [0.29, 0.717) is 22.7 Å². The van der Waals surface area contributed by atoms with Crippen LogP contribution in [0.1, 0.15) is 30.0 Å². The minimum absolute atomic E-state index is 0.305. The first-order valence-corrected chi connectivity index (χ1v) is 12.3. The SMILES string of the molecule is Clc1ccc(COc2ccccc2-c2cn(C3CCCN(Cc4ccccc4)C3)nn2)c(Cl)c1. The first-order chi connectivity index (χ1) is 16.7. The van der Waals surface area contributed by atoms with Crippen LogP contribution in [0.5, 0.6) is 5.75 Å². The highest BCUT2D eigenvalue weighted by Crippen LogP contribution is 2.31. The third kappa shape index (κ3) is 5.44. The number of hydrogen-bond acceptors (Lipinski definition) is 4. The van der Waals surface area contributed by atoms with Crippen LogP contribution in [0.15, 0.2) is 79.0 Å². The van der Waals surface area contributed by atoms with Gasteiger partial charge in [0.15, 0.2) is 0 Å². The molecule has 1 aliphatic heterocycles. The molecule has 0 N–H and O–H groups in total. The molecule has 4 aromatic rings. The number of likely N-dealkylation sites (tertiary alicyclic amines) is 1. The highest BCUT2D eigenvalue weighted by atomic mass is 35.5. The molecule has 2 heterocycles. The molecule has 0 bridgehead atoms. The van der Waals surface area contributed by atoms with Crippen LogP contribution in [-0.2, 0) is 13.2 Å². The van der Waals surface area contributed by atoms with Crippen molar-refractivity contribution in [2.75, 3.05) is 13.1 Å². The van der Waals surface area contributed by atoms with Crippen LogP contribution >= 0.6 is 23.2 Å². The number of para-hydroxylation sites is 1. The summed E-state index contributed by atoms with van der Waals surface area (Å²) in [4.78, 5) is 2.50. The zero-order valence-corrected chi connectivity index (χ0v) is 20.3. The van der Waals surface area contributed by atoms with Gasteiger partial charge in [0.2, 0.25) is 0 Å². The molecular weight excluding hydrogens is 467 g/mol. The molecule has 34 heavy (non-hydrogen) atoms. The summed E-state index contributed by atoms with van der Waals surface area (Å²) in [5, 5.41) is 10.2. The van der Waals surface area contributed by atoms with E-state index >= 15 is 0 Å². The van der Waals surface area contributed by atoms with Gasteiger partial charge in [0.25, 0.3) is 0 Å². The summed E-state index contributed by atoms with van der Waals surface area (Å²) in [5.74, 6) is 0.745. The lowest BCUT2D eigenvalue weighted by Crippen LogP contribution is -2.36. The second-order valence-corrected chi connectivity index (χ2v) is 9.46. The quantitative estimate of drug-likeness (QED) is 0.289. The van der Waals surface area contributed by atoms with Gasteiger partial charge in [-0.3, -0.25) is 4.90 Å². The minimum atomic E-state index is 0.305. The van der Waals surface area contributed by atoms with Gasteiger partial charge >= 0.3 is 0 Å². The molecule has 3 aromatic carbocycles. The second kappa shape index (κ2) is 10.6. The Kier molecular flexibility index (Phi) is 7.14. The fourth-order valence-electron chi connectivity index (χ4n) is 4.41. The molecule has 1 atom stereocenters. The van der Waals surface area contributed by atoms with Crippen molar-refractivity contribution in [2.45, 2.75) is 32.0 Å². The molecule has 0 radical (unpaired) electrons. The van der Waals surface area contributed by atoms with Crippen molar-refractivity contribution in [3.8, 4) is 17.0 Å². The van der Waals surface area contributed by atoms with Gasteiger partial charge < -0.3 is 4.74 Å². The molecular formula is C27H26Cl2N4O. The highest BCUT2D eigenvalue weighted by molar-refractivity contribution is 6.35. The van der Waals surface area contributed by atoms with Crippen LogP contribution in [-0.4, -0.2) is 33.0 Å². The molecule has 1 fully saturated rings. The predicted octanol–water partition coefficient (Wildman–Crippen LogP) is 6.67. The molecule has 1 unspecified atom stereocenters. The molecule has 1 saturated heterocycles. The fourth-order valence-corrected chi connectivity index (χ4v) is 4.87. The largest absolute Gasteiger partial charge is 0.488 e. The van der Waals surface area contributed by atoms with Gasteiger partial charge in [0.1, 0.15) is 18.1 Å². The third-order valence-corrected chi connectivity index (χ3v) is 6.76. The summed E-state index contributed by atoms with van der Waals surface area (Å²) in [7, 11) is 0. The van der Waals surface area contributed by atoms with E-state index in [9.17, 15) is 0 Å². The Morgan fingerprint density at radius 1 is 0.971 bits per heavy atom. The van der Waals surface area contributed by atoms with Gasteiger partial charge in [-0.15, -0.1) is 5.10 Å². The van der Waals surface area contributed by atoms with Crippen LogP contribution in [0.4, 0.5) is 0 Å². The molecule has 0 spiro atoms. The summed E-state index contributed by atoms with van der Waals surface area (Å²) < 4.78 is 8.14. The van der Waals surface area contributed by atoms with E-state index in [-0.39, 0.29) is 0 Å². The Balaban J connectivity index is 1.29. The second-order valence-electron chi connectivity index (χ2n) is 8.62. The number of rotatable bonds is 7. The number of benzene rings is 3. The van der Waals surface area contributed by atoms with E-state index in [2.05, 4.69) is 45.5 Å². The number of hydrogen-bond donors (Lipinski definition) is 0. The van der Waals surface area contributed by atoms with Gasteiger partial charge in [0.05, 0.1) is 12.2 Å². The summed E-state index contributed by atoms with van der Waals surface area (Å²) >= 11 is 12.3. The fraction of sp³-hybridized carbons (Fsp3) is 0.259. The smallest absolute Gasteiger partial charge is 0.129 e. The lowest BCUT2D eigenvalue weighted by Gasteiger charge is -2.32. The van der Waals surface area contributed by atoms with Crippen molar-refractivity contribution in [3.05, 3.63) is 100 Å². The standard InChI is InChI=1S/C27H26Cl2N4O/c28-22-13-12-21(25(29)15-22)19-34-27-11-5-4-10-24(27)26-18-33(31-30-26)23-9-6-14-32(17-23)16-20-7-2-1-3-8-20/h1-5,7-8,10-13,15,18,23H,6,9,14,16-17,19H2. The van der Waals surface area contributed by atoms with Gasteiger partial charge in [-0.1, -0.05) is 76.9 Å². The predicted molar refractivity (Wildman–Crippen MR) is 136 cm³/mol. The molecule has 1 aliphatic rings. The lowest BCUT2D eigenvalue weighted by atomic mass is 10.0. The van der Waals surface area contributed by atoms with Gasteiger partial charge in [-0.05, 0) is 49.2 Å². The normalized spacial score (nSPS) is 16.5. The van der Waals surface area contributed by atoms with E-state index in [4.69, 9.17) is 27.9 Å². The van der Waals surface area contributed by atoms with E-state index in [1.54, 1.807) is 6.07 Å². The van der Waals surface area contributed by atoms with Crippen LogP contribution in [0.2, 0.25) is 10.0 Å². The molecule has 7 heteroatoms. The van der Waals surface area contributed by atoms with Gasteiger partial charge in [-0.2, -0.15) is 0 Å². The number of halogens is 2. The van der Waals surface area contributed by atoms with E-state index in [1.165, 1.54) is 5.56 Å². The minimum Gasteiger partial charge on any atom is -0.488 e. The Bertz CT molecular complexity index is 1240. The van der Waals surface area contributed by atoms with Crippen molar-refractivity contribution >= 4 is 23.2 Å². The summed E-state index contributed by atoms with van der Waals surface area (Å²) in [5.41, 5.74) is 3.94. The zero-order chi connectivity index (χ0) is 23.3. The maximum Gasteiger partial charge on any atom is 0.129 e. The van der Waals surface area contributed by atoms with E-state index < -0.39 is 0 Å². The monoisotopic (exact) mass is 492 g/mol. The molecule has 0 saturated carbocycles. The van der Waals surface area contributed by atoms with E-state index in [1.807, 2.05) is 47.3 Å². The molecule has 174 valence electrons. The first-order valence-electron chi connectivity index (χ1n) is 11.5. The van der Waals surface area contributed by atoms with Crippen LogP contribution in [0.25, 0.3) is 11.3 Å². The Morgan fingerprint density at radius 2 is 1.79 bits per heavy atom. The third-order valence-electron chi connectivity index (χ3n) is 6.18. The molecule has 0 aliphatic carbocycles. The summed E-state index contributed by atoms with van der Waals surface area (Å²) in [6.07, 6.45) is 4.28. The van der Waals surface area contributed by atoms with Crippen molar-refractivity contribution in [3.63, 3.8) is 0 Å². The van der Waals surface area contributed by atoms with Crippen LogP contribution in [0, 0.1) is 0 Å². The summed E-state index contributed by atoms with van der Waals surface area (Å²) in [6.45, 7) is 3.38. The maximum absolute atomic E-state index is 6.31. The van der Waals surface area contributed by atoms with Gasteiger partial charge in [-0.25, -0.2) is 4.68 Å². The van der Waals surface area contributed by atoms with E-state index in [0.717, 1.165) is 55.0 Å². The van der Waals surface area contributed by atoms with Crippen LogP contribution in [0.3, 0.4) is 0 Å². The average Bonchev–Trinajstić information content (AvgIpc) is 3.35. The van der Waals surface area contributed by atoms with Crippen molar-refractivity contribution in [1.82, 2.24) is 19.9 Å². The number of ether oxygens (including phenoxy) is 1. The molecule has 5 rings (SSSR count). The first kappa shape index (κ1) is 22.9. The van der Waals surface area contributed by atoms with Crippen molar-refractivity contribution in [1.29, 1.82) is 0 Å². The van der Waals surface area contributed by atoms with Gasteiger partial charge in [0, 0.05) is 34.3 Å². The maximum atomic E-state index is 6.31. The number of piperidine rings is 1. The Hall–Kier alpha value is -2.86. The topological polar surface area (TPSA) is 43.2 Å². The van der Waals surface area contributed by atoms with Crippen molar-refractivity contribution in [2.24, 2.45) is 0 Å². The lowest BCUT2D eigenvalue weighted by molar-refractivity contribution is 0.162. The average molecular weight is 493 g/mol. The van der Waals surface area contributed by atoms with Crippen molar-refractivity contribution < 1.29 is 4.74 Å². The molecule has 5 nitrogen and oxygen atoms in total. The Morgan fingerprint density at radius 3 is 2.65 bits per heavy atom. The molecule has 0 amide bonds. The highest BCUT2D eigenvalue weighted by Gasteiger charge is 2.23. The molecule has 1 aromatic heterocycles. The van der Waals surface area contributed by atoms with Crippen LogP contribution < -0.4 is 4.74 Å². The Labute approximate surface area is 209 Å². The number of aromatic nitrogens is 3. The summed E-state index contributed by atoms with van der Waals surface area (Å²) in [6, 6.07) is 24.3. The zero-order valence-electron chi connectivity index (χ0n) is 18.8. The number of nitrogens with zero attached hydrogens (tertiary/aromatic N) is 4.